The minimum atomic E-state index is -4.40. The van der Waals surface area contributed by atoms with Crippen LogP contribution in [0.2, 0.25) is 5.02 Å². The first kappa shape index (κ1) is 21.6. The van der Waals surface area contributed by atoms with Crippen LogP contribution in [0.15, 0.2) is 36.4 Å². The molecule has 164 valence electrons. The van der Waals surface area contributed by atoms with Crippen LogP contribution < -0.4 is 4.74 Å². The van der Waals surface area contributed by atoms with Crippen molar-refractivity contribution in [3.05, 3.63) is 63.8 Å². The number of nitrogens with one attached hydrogen (secondary N) is 1. The highest BCUT2D eigenvalue weighted by Gasteiger charge is 2.36. The van der Waals surface area contributed by atoms with Crippen LogP contribution in [0.4, 0.5) is 13.2 Å². The van der Waals surface area contributed by atoms with Gasteiger partial charge in [0, 0.05) is 16.6 Å². The van der Waals surface area contributed by atoms with Gasteiger partial charge < -0.3 is 14.8 Å². The molecule has 0 bridgehead atoms. The number of carboxylic acid groups (broad SMARTS) is 1. The molecule has 0 atom stereocenters. The van der Waals surface area contributed by atoms with Crippen molar-refractivity contribution in [1.82, 2.24) is 4.98 Å². The van der Waals surface area contributed by atoms with E-state index in [-0.39, 0.29) is 25.4 Å². The number of aliphatic carboxylic acids is 1. The van der Waals surface area contributed by atoms with Crippen LogP contribution in [-0.2, 0) is 24.0 Å². The van der Waals surface area contributed by atoms with Gasteiger partial charge in [-0.2, -0.15) is 13.2 Å². The zero-order chi connectivity index (χ0) is 22.2. The first-order valence-corrected chi connectivity index (χ1v) is 10.4. The molecule has 31 heavy (non-hydrogen) atoms. The minimum absolute atomic E-state index is 0.00650. The number of hydrogen-bond donors (Lipinski definition) is 2. The van der Waals surface area contributed by atoms with Crippen molar-refractivity contribution in [2.24, 2.45) is 0 Å². The molecule has 4 nitrogen and oxygen atoms in total. The number of H-pyrrole nitrogens is 1. The predicted octanol–water partition coefficient (Wildman–Crippen LogP) is 6.70. The number of rotatable bonds is 7. The quantitative estimate of drug-likeness (QED) is 0.420. The maximum Gasteiger partial charge on any atom is 0.416 e. The molecule has 1 heterocycles. The molecule has 8 heteroatoms. The number of halogens is 4. The van der Waals surface area contributed by atoms with Crippen LogP contribution >= 0.6 is 11.6 Å². The number of benzene rings is 2. The van der Waals surface area contributed by atoms with Crippen LogP contribution in [0.25, 0.3) is 10.9 Å². The summed E-state index contributed by atoms with van der Waals surface area (Å²) in [7, 11) is 0. The van der Waals surface area contributed by atoms with Gasteiger partial charge in [-0.05, 0) is 60.6 Å². The second-order valence-corrected chi connectivity index (χ2v) is 8.23. The van der Waals surface area contributed by atoms with E-state index in [1.54, 1.807) is 30.3 Å². The first-order valence-electron chi connectivity index (χ1n) is 10.1. The van der Waals surface area contributed by atoms with Gasteiger partial charge in [-0.25, -0.2) is 0 Å². The van der Waals surface area contributed by atoms with E-state index in [1.165, 1.54) is 6.07 Å². The number of aromatic amines is 1. The highest BCUT2D eigenvalue weighted by atomic mass is 35.5. The van der Waals surface area contributed by atoms with Gasteiger partial charge in [0.05, 0.1) is 17.0 Å². The maximum atomic E-state index is 13.6. The van der Waals surface area contributed by atoms with E-state index in [4.69, 9.17) is 21.4 Å². The lowest BCUT2D eigenvalue weighted by atomic mass is 9.78. The lowest BCUT2D eigenvalue weighted by molar-refractivity contribution is -0.139. The van der Waals surface area contributed by atoms with Crippen molar-refractivity contribution in [2.45, 2.75) is 50.8 Å². The molecule has 2 N–H and O–H groups in total. The van der Waals surface area contributed by atoms with Gasteiger partial charge in [0.2, 0.25) is 0 Å². The molecule has 4 rings (SSSR count). The summed E-state index contributed by atoms with van der Waals surface area (Å²) in [6.07, 6.45) is -1.61. The Morgan fingerprint density at radius 2 is 1.97 bits per heavy atom. The Bertz CT molecular complexity index is 1120. The number of carboxylic acids is 1. The lowest BCUT2D eigenvalue weighted by Crippen LogP contribution is -2.17. The number of aryl methyl sites for hydroxylation is 1. The molecular formula is C23H21ClF3NO3. The third kappa shape index (κ3) is 4.66. The fourth-order valence-corrected chi connectivity index (χ4v) is 4.17. The largest absolute Gasteiger partial charge is 0.489 e. The van der Waals surface area contributed by atoms with Gasteiger partial charge in [0.15, 0.2) is 0 Å². The number of hydrogen-bond acceptors (Lipinski definition) is 2. The zero-order valence-electron chi connectivity index (χ0n) is 16.6. The molecule has 3 aromatic rings. The Morgan fingerprint density at radius 1 is 1.19 bits per heavy atom. The molecule has 0 saturated heterocycles. The SMILES string of the molecule is O=C(O)CCc1[nH]c2ccc(OCc3ccc(C4CCC4)c(C(F)(F)F)c3)cc2c1Cl. The Balaban J connectivity index is 1.52. The molecule has 1 aliphatic carbocycles. The molecule has 0 radical (unpaired) electrons. The normalized spacial score (nSPS) is 14.6. The van der Waals surface area contributed by atoms with Crippen LogP contribution in [0.1, 0.15) is 54.0 Å². The van der Waals surface area contributed by atoms with Crippen LogP contribution in [0.5, 0.6) is 5.75 Å². The molecule has 1 aliphatic rings. The van der Waals surface area contributed by atoms with E-state index in [0.717, 1.165) is 24.8 Å². The summed E-state index contributed by atoms with van der Waals surface area (Å²) in [5, 5.41) is 9.95. The zero-order valence-corrected chi connectivity index (χ0v) is 17.3. The van der Waals surface area contributed by atoms with Gasteiger partial charge in [0.1, 0.15) is 12.4 Å². The molecule has 1 fully saturated rings. The first-order chi connectivity index (χ1) is 14.7. The van der Waals surface area contributed by atoms with Crippen molar-refractivity contribution in [2.75, 3.05) is 0 Å². The summed E-state index contributed by atoms with van der Waals surface area (Å²) in [6, 6.07) is 9.59. The number of ether oxygens (including phenoxy) is 1. The Labute approximate surface area is 182 Å². The molecule has 1 aromatic heterocycles. The second kappa shape index (κ2) is 8.46. The van der Waals surface area contributed by atoms with E-state index in [9.17, 15) is 18.0 Å². The van der Waals surface area contributed by atoms with Gasteiger partial charge in [-0.3, -0.25) is 4.79 Å². The predicted molar refractivity (Wildman–Crippen MR) is 112 cm³/mol. The Kier molecular flexibility index (Phi) is 5.88. The maximum absolute atomic E-state index is 13.6. The third-order valence-corrected chi connectivity index (χ3v) is 6.17. The summed E-state index contributed by atoms with van der Waals surface area (Å²) in [6.45, 7) is -0.00650. The summed E-state index contributed by atoms with van der Waals surface area (Å²) < 4.78 is 46.4. The summed E-state index contributed by atoms with van der Waals surface area (Å²) >= 11 is 6.36. The van der Waals surface area contributed by atoms with Gasteiger partial charge in [-0.1, -0.05) is 30.2 Å². The Morgan fingerprint density at radius 3 is 2.61 bits per heavy atom. The number of alkyl halides is 3. The summed E-state index contributed by atoms with van der Waals surface area (Å²) in [4.78, 5) is 13.9. The average Bonchev–Trinajstić information content (AvgIpc) is 2.99. The van der Waals surface area contributed by atoms with Crippen molar-refractivity contribution in [1.29, 1.82) is 0 Å². The topological polar surface area (TPSA) is 62.3 Å². The smallest absolute Gasteiger partial charge is 0.416 e. The van der Waals surface area contributed by atoms with Gasteiger partial charge in [0.25, 0.3) is 0 Å². The standard InChI is InChI=1S/C23H21ClF3NO3/c24-22-17-11-15(5-7-19(17)28-20(22)8-9-21(29)30)31-12-13-4-6-16(14-2-1-3-14)18(10-13)23(25,26)27/h4-7,10-11,14,28H,1-3,8-9,12H2,(H,29,30). The molecule has 0 amide bonds. The third-order valence-electron chi connectivity index (χ3n) is 5.74. The molecule has 1 saturated carbocycles. The monoisotopic (exact) mass is 451 g/mol. The average molecular weight is 452 g/mol. The van der Waals surface area contributed by atoms with Crippen LogP contribution in [0, 0.1) is 0 Å². The Hall–Kier alpha value is -2.67. The van der Waals surface area contributed by atoms with Gasteiger partial charge in [-0.15, -0.1) is 0 Å². The number of fused-ring (bicyclic) bond motifs is 1. The fraction of sp³-hybridized carbons (Fsp3) is 0.348. The van der Waals surface area contributed by atoms with E-state index in [2.05, 4.69) is 4.98 Å². The molecule has 0 aliphatic heterocycles. The van der Waals surface area contributed by atoms with Crippen molar-refractivity contribution < 1.29 is 27.8 Å². The van der Waals surface area contributed by atoms with E-state index in [0.29, 0.717) is 33.0 Å². The second-order valence-electron chi connectivity index (χ2n) is 7.85. The molecule has 2 aromatic carbocycles. The molecule has 0 unspecified atom stereocenters. The number of aromatic nitrogens is 1. The minimum Gasteiger partial charge on any atom is -0.489 e. The van der Waals surface area contributed by atoms with Crippen LogP contribution in [-0.4, -0.2) is 16.1 Å². The summed E-state index contributed by atoms with van der Waals surface area (Å²) in [5.41, 5.74) is 1.60. The molecule has 0 spiro atoms. The van der Waals surface area contributed by atoms with Crippen molar-refractivity contribution in [3.8, 4) is 5.75 Å². The molecular weight excluding hydrogens is 431 g/mol. The highest BCUT2D eigenvalue weighted by molar-refractivity contribution is 6.36. The highest BCUT2D eigenvalue weighted by Crippen LogP contribution is 2.43. The van der Waals surface area contributed by atoms with Crippen LogP contribution in [0.3, 0.4) is 0 Å². The summed E-state index contributed by atoms with van der Waals surface area (Å²) in [5.74, 6) is -0.463. The van der Waals surface area contributed by atoms with E-state index < -0.39 is 17.7 Å². The van der Waals surface area contributed by atoms with E-state index in [1.807, 2.05) is 0 Å². The number of carbonyl (C=O) groups is 1. The van der Waals surface area contributed by atoms with Crippen molar-refractivity contribution in [3.63, 3.8) is 0 Å². The van der Waals surface area contributed by atoms with Crippen molar-refractivity contribution >= 4 is 28.5 Å². The fourth-order valence-electron chi connectivity index (χ4n) is 3.87. The lowest BCUT2D eigenvalue weighted by Gasteiger charge is -2.29. The van der Waals surface area contributed by atoms with E-state index >= 15 is 0 Å². The van der Waals surface area contributed by atoms with Gasteiger partial charge >= 0.3 is 12.1 Å².